The van der Waals surface area contributed by atoms with Crippen molar-refractivity contribution in [3.63, 3.8) is 0 Å². The number of fused-ring (bicyclic) bond motifs is 1. The van der Waals surface area contributed by atoms with Gasteiger partial charge in [0.1, 0.15) is 17.3 Å². The number of imidazole rings is 1. The average Bonchev–Trinajstić information content (AvgIpc) is 2.85. The quantitative estimate of drug-likeness (QED) is 0.780. The zero-order chi connectivity index (χ0) is 14.3. The highest BCUT2D eigenvalue weighted by atomic mass is 19.1. The Kier molecular flexibility index (Phi) is 2.99. The summed E-state index contributed by atoms with van der Waals surface area (Å²) in [5.74, 6) is -0.924. The van der Waals surface area contributed by atoms with Gasteiger partial charge in [-0.1, -0.05) is 6.07 Å². The summed E-state index contributed by atoms with van der Waals surface area (Å²) in [7, 11) is 0. The topological polar surface area (TPSA) is 43.3 Å². The maximum absolute atomic E-state index is 14.0. The minimum atomic E-state index is -0.480. The number of nitrogens with two attached hydrogens (primary N) is 1. The van der Waals surface area contributed by atoms with Crippen LogP contribution in [0.3, 0.4) is 0 Å². The van der Waals surface area contributed by atoms with Crippen molar-refractivity contribution < 1.29 is 8.78 Å². The van der Waals surface area contributed by atoms with Gasteiger partial charge >= 0.3 is 0 Å². The Labute approximate surface area is 114 Å². The summed E-state index contributed by atoms with van der Waals surface area (Å²) >= 11 is 0. The number of benzene rings is 1. The maximum Gasteiger partial charge on any atom is 0.137 e. The van der Waals surface area contributed by atoms with E-state index in [9.17, 15) is 8.78 Å². The van der Waals surface area contributed by atoms with Gasteiger partial charge in [-0.3, -0.25) is 0 Å². The van der Waals surface area contributed by atoms with Crippen LogP contribution in [0.25, 0.3) is 16.9 Å². The molecule has 0 radical (unpaired) electrons. The standard InChI is InChI=1S/C15H13F2N3/c1-9-4-13(17)11(5-12(9)16)14-8-20-7-10(6-18)2-3-15(20)19-14/h2-5,7-8H,6,18H2,1H3. The first kappa shape index (κ1) is 12.7. The summed E-state index contributed by atoms with van der Waals surface area (Å²) in [5, 5.41) is 0. The molecule has 3 rings (SSSR count). The minimum absolute atomic E-state index is 0.158. The molecule has 0 aliphatic heterocycles. The van der Waals surface area contributed by atoms with Crippen LogP contribution in [0.2, 0.25) is 0 Å². The average molecular weight is 273 g/mol. The second kappa shape index (κ2) is 4.68. The first-order chi connectivity index (χ1) is 9.58. The molecule has 1 aromatic carbocycles. The van der Waals surface area contributed by atoms with Crippen LogP contribution in [0.15, 0.2) is 36.7 Å². The van der Waals surface area contributed by atoms with Gasteiger partial charge in [0.15, 0.2) is 0 Å². The van der Waals surface area contributed by atoms with E-state index in [2.05, 4.69) is 4.98 Å². The van der Waals surface area contributed by atoms with Crippen molar-refractivity contribution in [3.8, 4) is 11.3 Å². The van der Waals surface area contributed by atoms with E-state index in [0.717, 1.165) is 5.56 Å². The number of halogens is 2. The number of nitrogens with zero attached hydrogens (tertiary/aromatic N) is 2. The predicted molar refractivity (Wildman–Crippen MR) is 73.2 cm³/mol. The molecule has 0 unspecified atom stereocenters. The fourth-order valence-electron chi connectivity index (χ4n) is 2.13. The van der Waals surface area contributed by atoms with Gasteiger partial charge < -0.3 is 10.1 Å². The number of hydrogen-bond acceptors (Lipinski definition) is 2. The van der Waals surface area contributed by atoms with Crippen LogP contribution in [0.1, 0.15) is 11.1 Å². The summed E-state index contributed by atoms with van der Waals surface area (Å²) in [6, 6.07) is 6.02. The Bertz CT molecular complexity index is 793. The highest BCUT2D eigenvalue weighted by molar-refractivity contribution is 5.64. The Morgan fingerprint density at radius 2 is 1.95 bits per heavy atom. The second-order valence-corrected chi connectivity index (χ2v) is 4.71. The van der Waals surface area contributed by atoms with E-state index in [1.807, 2.05) is 12.3 Å². The van der Waals surface area contributed by atoms with Crippen LogP contribution in [0.5, 0.6) is 0 Å². The maximum atomic E-state index is 14.0. The number of pyridine rings is 1. The molecular weight excluding hydrogens is 260 g/mol. The Balaban J connectivity index is 2.17. The molecule has 2 heterocycles. The normalized spacial score (nSPS) is 11.2. The number of rotatable bonds is 2. The van der Waals surface area contributed by atoms with E-state index in [0.29, 0.717) is 17.9 Å². The van der Waals surface area contributed by atoms with E-state index < -0.39 is 11.6 Å². The molecule has 0 atom stereocenters. The molecule has 3 nitrogen and oxygen atoms in total. The monoisotopic (exact) mass is 273 g/mol. The Morgan fingerprint density at radius 1 is 1.15 bits per heavy atom. The fraction of sp³-hybridized carbons (Fsp3) is 0.133. The minimum Gasteiger partial charge on any atom is -0.326 e. The first-order valence-electron chi connectivity index (χ1n) is 6.22. The molecule has 0 aliphatic rings. The summed E-state index contributed by atoms with van der Waals surface area (Å²) in [6.45, 7) is 1.94. The molecular formula is C15H13F2N3. The highest BCUT2D eigenvalue weighted by Crippen LogP contribution is 2.25. The third kappa shape index (κ3) is 2.06. The molecule has 0 bridgehead atoms. The van der Waals surface area contributed by atoms with Gasteiger partial charge in [0.05, 0.1) is 5.69 Å². The van der Waals surface area contributed by atoms with E-state index in [1.54, 1.807) is 16.7 Å². The Morgan fingerprint density at radius 3 is 2.70 bits per heavy atom. The van der Waals surface area contributed by atoms with Crippen molar-refractivity contribution in [3.05, 3.63) is 59.4 Å². The molecule has 20 heavy (non-hydrogen) atoms. The van der Waals surface area contributed by atoms with E-state index in [-0.39, 0.29) is 11.1 Å². The number of aryl methyl sites for hydroxylation is 1. The van der Waals surface area contributed by atoms with Gasteiger partial charge in [-0.15, -0.1) is 0 Å². The molecule has 0 spiro atoms. The van der Waals surface area contributed by atoms with Gasteiger partial charge in [-0.05, 0) is 36.2 Å². The van der Waals surface area contributed by atoms with Crippen molar-refractivity contribution >= 4 is 5.65 Å². The van der Waals surface area contributed by atoms with Gasteiger partial charge in [0.25, 0.3) is 0 Å². The van der Waals surface area contributed by atoms with Crippen molar-refractivity contribution in [1.82, 2.24) is 9.38 Å². The first-order valence-corrected chi connectivity index (χ1v) is 6.22. The van der Waals surface area contributed by atoms with Crippen LogP contribution in [-0.4, -0.2) is 9.38 Å². The van der Waals surface area contributed by atoms with Crippen LogP contribution < -0.4 is 5.73 Å². The smallest absolute Gasteiger partial charge is 0.137 e. The van der Waals surface area contributed by atoms with Crippen LogP contribution in [0, 0.1) is 18.6 Å². The van der Waals surface area contributed by atoms with E-state index in [4.69, 9.17) is 5.73 Å². The van der Waals surface area contributed by atoms with Crippen LogP contribution in [0.4, 0.5) is 8.78 Å². The zero-order valence-electron chi connectivity index (χ0n) is 10.9. The number of hydrogen-bond donors (Lipinski definition) is 1. The van der Waals surface area contributed by atoms with Gasteiger partial charge in [0, 0.05) is 24.5 Å². The molecule has 5 heteroatoms. The molecule has 2 aromatic heterocycles. The molecule has 3 aromatic rings. The van der Waals surface area contributed by atoms with Crippen molar-refractivity contribution in [2.75, 3.05) is 0 Å². The SMILES string of the molecule is Cc1cc(F)c(-c2cn3cc(CN)ccc3n2)cc1F. The fourth-order valence-corrected chi connectivity index (χ4v) is 2.13. The summed E-state index contributed by atoms with van der Waals surface area (Å²) in [4.78, 5) is 4.31. The molecule has 102 valence electrons. The van der Waals surface area contributed by atoms with Gasteiger partial charge in [-0.25, -0.2) is 13.8 Å². The van der Waals surface area contributed by atoms with Crippen molar-refractivity contribution in [2.24, 2.45) is 5.73 Å². The molecule has 0 amide bonds. The summed E-state index contributed by atoms with van der Waals surface area (Å²) in [6.07, 6.45) is 3.50. The molecule has 0 fully saturated rings. The summed E-state index contributed by atoms with van der Waals surface area (Å²) in [5.41, 5.74) is 8.02. The lowest BCUT2D eigenvalue weighted by atomic mass is 10.1. The zero-order valence-corrected chi connectivity index (χ0v) is 10.9. The third-order valence-corrected chi connectivity index (χ3v) is 3.27. The molecule has 0 saturated carbocycles. The lowest BCUT2D eigenvalue weighted by Gasteiger charge is -2.02. The number of aromatic nitrogens is 2. The lowest BCUT2D eigenvalue weighted by molar-refractivity contribution is 0.595. The van der Waals surface area contributed by atoms with Crippen LogP contribution >= 0.6 is 0 Å². The molecule has 0 saturated heterocycles. The molecule has 2 N–H and O–H groups in total. The second-order valence-electron chi connectivity index (χ2n) is 4.71. The van der Waals surface area contributed by atoms with Gasteiger partial charge in [-0.2, -0.15) is 0 Å². The van der Waals surface area contributed by atoms with Crippen molar-refractivity contribution in [2.45, 2.75) is 13.5 Å². The van der Waals surface area contributed by atoms with Gasteiger partial charge in [0.2, 0.25) is 0 Å². The molecule has 0 aliphatic carbocycles. The lowest BCUT2D eigenvalue weighted by Crippen LogP contribution is -1.97. The predicted octanol–water partition coefficient (Wildman–Crippen LogP) is 3.05. The van der Waals surface area contributed by atoms with E-state index >= 15 is 0 Å². The van der Waals surface area contributed by atoms with E-state index in [1.165, 1.54) is 19.1 Å². The van der Waals surface area contributed by atoms with Crippen LogP contribution in [-0.2, 0) is 6.54 Å². The third-order valence-electron chi connectivity index (χ3n) is 3.27. The highest BCUT2D eigenvalue weighted by Gasteiger charge is 2.12. The summed E-state index contributed by atoms with van der Waals surface area (Å²) < 4.78 is 29.3. The van der Waals surface area contributed by atoms with Crippen molar-refractivity contribution in [1.29, 1.82) is 0 Å². The Hall–Kier alpha value is -2.27. The largest absolute Gasteiger partial charge is 0.326 e.